The molecule has 0 aliphatic rings. The number of hydrogen-bond donors (Lipinski definition) is 2. The van der Waals surface area contributed by atoms with Gasteiger partial charge in [-0.3, -0.25) is 4.79 Å². The molecule has 0 aromatic carbocycles. The van der Waals surface area contributed by atoms with Crippen LogP contribution in [-0.4, -0.2) is 24.0 Å². The minimum absolute atomic E-state index is 0.207. The number of amides is 1. The Balaban J connectivity index is 2.53. The number of unbranched alkanes of at least 4 members (excludes halogenated alkanes) is 3. The highest BCUT2D eigenvalue weighted by Gasteiger charge is 2.12. The molecule has 5 heteroatoms. The predicted octanol–water partition coefficient (Wildman–Crippen LogP) is 3.48. The minimum Gasteiger partial charge on any atom is -0.370 e. The zero-order valence-corrected chi connectivity index (χ0v) is 12.4. The summed E-state index contributed by atoms with van der Waals surface area (Å²) < 4.78 is 0. The molecule has 0 radical (unpaired) electrons. The van der Waals surface area contributed by atoms with Gasteiger partial charge in [0.25, 0.3) is 5.91 Å². The number of nitrogens with zero attached hydrogens (tertiary/aromatic N) is 1. The Morgan fingerprint density at radius 1 is 1.26 bits per heavy atom. The Bertz CT molecular complexity index is 410. The third-order valence-corrected chi connectivity index (χ3v) is 3.04. The molecule has 0 saturated heterocycles. The van der Waals surface area contributed by atoms with Crippen LogP contribution < -0.4 is 10.6 Å². The molecule has 0 fully saturated rings. The fourth-order valence-corrected chi connectivity index (χ4v) is 1.91. The van der Waals surface area contributed by atoms with E-state index < -0.39 is 0 Å². The zero-order chi connectivity index (χ0) is 14.1. The maximum absolute atomic E-state index is 12.0. The molecule has 0 aliphatic carbocycles. The first-order valence-corrected chi connectivity index (χ1v) is 7.25. The highest BCUT2D eigenvalue weighted by molar-refractivity contribution is 6.33. The molecule has 1 aromatic rings. The number of nitrogens with one attached hydrogen (secondary N) is 2. The molecule has 1 heterocycles. The van der Waals surface area contributed by atoms with Gasteiger partial charge in [0.15, 0.2) is 0 Å². The fraction of sp³-hybridized carbons (Fsp3) is 0.571. The maximum atomic E-state index is 12.0. The van der Waals surface area contributed by atoms with Gasteiger partial charge in [-0.05, 0) is 25.5 Å². The van der Waals surface area contributed by atoms with Crippen molar-refractivity contribution in [1.29, 1.82) is 0 Å². The molecule has 0 saturated carbocycles. The molecule has 1 aromatic heterocycles. The lowest BCUT2D eigenvalue weighted by molar-refractivity contribution is 0.0948. The quantitative estimate of drug-likeness (QED) is 0.718. The van der Waals surface area contributed by atoms with E-state index in [1.807, 2.05) is 6.92 Å². The van der Waals surface area contributed by atoms with Crippen molar-refractivity contribution in [3.05, 3.63) is 22.8 Å². The van der Waals surface area contributed by atoms with Gasteiger partial charge in [0.05, 0.1) is 5.02 Å². The molecule has 2 N–H and O–H groups in total. The normalized spacial score (nSPS) is 10.3. The van der Waals surface area contributed by atoms with Crippen LogP contribution in [0, 0.1) is 0 Å². The average molecular weight is 284 g/mol. The van der Waals surface area contributed by atoms with Crippen molar-refractivity contribution >= 4 is 23.3 Å². The van der Waals surface area contributed by atoms with Crippen molar-refractivity contribution in [3.63, 3.8) is 0 Å². The van der Waals surface area contributed by atoms with Crippen LogP contribution in [0.25, 0.3) is 0 Å². The van der Waals surface area contributed by atoms with Gasteiger partial charge in [-0.1, -0.05) is 37.8 Å². The summed E-state index contributed by atoms with van der Waals surface area (Å²) in [6, 6.07) is 3.46. The van der Waals surface area contributed by atoms with E-state index in [4.69, 9.17) is 11.6 Å². The third kappa shape index (κ3) is 5.47. The minimum atomic E-state index is -0.207. The summed E-state index contributed by atoms with van der Waals surface area (Å²) in [6.45, 7) is 5.56. The molecule has 1 amide bonds. The van der Waals surface area contributed by atoms with Gasteiger partial charge in [-0.2, -0.15) is 0 Å². The van der Waals surface area contributed by atoms with Gasteiger partial charge in [0, 0.05) is 13.1 Å². The van der Waals surface area contributed by atoms with Gasteiger partial charge in [-0.25, -0.2) is 4.98 Å². The third-order valence-electron chi connectivity index (χ3n) is 2.73. The number of carbonyl (C=O) groups is 1. The van der Waals surface area contributed by atoms with Crippen LogP contribution in [0.5, 0.6) is 0 Å². The first-order valence-electron chi connectivity index (χ1n) is 6.87. The van der Waals surface area contributed by atoms with E-state index in [1.165, 1.54) is 12.8 Å². The van der Waals surface area contributed by atoms with Crippen LogP contribution in [0.15, 0.2) is 12.1 Å². The van der Waals surface area contributed by atoms with Crippen LogP contribution >= 0.6 is 11.6 Å². The molecular weight excluding hydrogens is 262 g/mol. The molecule has 19 heavy (non-hydrogen) atoms. The molecular formula is C14H22ClN3O. The number of halogens is 1. The monoisotopic (exact) mass is 283 g/mol. The smallest absolute Gasteiger partial charge is 0.271 e. The Labute approximate surface area is 120 Å². The lowest BCUT2D eigenvalue weighted by atomic mass is 10.2. The fourth-order valence-electron chi connectivity index (χ4n) is 1.72. The van der Waals surface area contributed by atoms with Crippen molar-refractivity contribution in [2.24, 2.45) is 0 Å². The standard InChI is InChI=1S/C14H22ClN3O/c1-3-5-6-7-10-17-14(19)13-11(15)8-9-12(18-13)16-4-2/h8-9H,3-7,10H2,1-2H3,(H,16,18)(H,17,19). The number of pyridine rings is 1. The molecule has 0 bridgehead atoms. The second kappa shape index (κ2) is 8.75. The Hall–Kier alpha value is -1.29. The average Bonchev–Trinajstić information content (AvgIpc) is 2.41. The van der Waals surface area contributed by atoms with Crippen LogP contribution in [0.3, 0.4) is 0 Å². The van der Waals surface area contributed by atoms with E-state index in [1.54, 1.807) is 12.1 Å². The summed E-state index contributed by atoms with van der Waals surface area (Å²) in [4.78, 5) is 16.2. The Kier molecular flexibility index (Phi) is 7.26. The first kappa shape index (κ1) is 15.8. The van der Waals surface area contributed by atoms with E-state index in [2.05, 4.69) is 22.5 Å². The van der Waals surface area contributed by atoms with Gasteiger partial charge in [-0.15, -0.1) is 0 Å². The first-order chi connectivity index (χ1) is 9.19. The molecule has 0 spiro atoms. The molecule has 0 unspecified atom stereocenters. The Morgan fingerprint density at radius 2 is 2.05 bits per heavy atom. The summed E-state index contributed by atoms with van der Waals surface area (Å²) in [5.74, 6) is 0.462. The maximum Gasteiger partial charge on any atom is 0.271 e. The molecule has 106 valence electrons. The lowest BCUT2D eigenvalue weighted by Crippen LogP contribution is -2.26. The summed E-state index contributed by atoms with van der Waals surface area (Å²) in [5.41, 5.74) is 0.288. The van der Waals surface area contributed by atoms with E-state index in [9.17, 15) is 4.79 Å². The van der Waals surface area contributed by atoms with E-state index >= 15 is 0 Å². The molecule has 0 aliphatic heterocycles. The molecule has 0 atom stereocenters. The van der Waals surface area contributed by atoms with Gasteiger partial charge in [0.1, 0.15) is 11.5 Å². The number of hydrogen-bond acceptors (Lipinski definition) is 3. The summed E-state index contributed by atoms with van der Waals surface area (Å²) >= 11 is 6.00. The number of carbonyl (C=O) groups excluding carboxylic acids is 1. The van der Waals surface area contributed by atoms with E-state index in [-0.39, 0.29) is 11.6 Å². The summed E-state index contributed by atoms with van der Waals surface area (Å²) in [6.07, 6.45) is 4.51. The second-order valence-electron chi connectivity index (χ2n) is 4.37. The SMILES string of the molecule is CCCCCCNC(=O)c1nc(NCC)ccc1Cl. The van der Waals surface area contributed by atoms with Crippen molar-refractivity contribution in [3.8, 4) is 0 Å². The van der Waals surface area contributed by atoms with E-state index in [0.717, 1.165) is 19.4 Å². The van der Waals surface area contributed by atoms with Crippen molar-refractivity contribution in [2.75, 3.05) is 18.4 Å². The lowest BCUT2D eigenvalue weighted by Gasteiger charge is -2.08. The summed E-state index contributed by atoms with van der Waals surface area (Å²) in [5, 5.41) is 6.30. The highest BCUT2D eigenvalue weighted by atomic mass is 35.5. The van der Waals surface area contributed by atoms with E-state index in [0.29, 0.717) is 17.4 Å². The predicted molar refractivity (Wildman–Crippen MR) is 79.9 cm³/mol. The van der Waals surface area contributed by atoms with Crippen molar-refractivity contribution in [1.82, 2.24) is 10.3 Å². The Morgan fingerprint density at radius 3 is 2.74 bits per heavy atom. The topological polar surface area (TPSA) is 54.0 Å². The van der Waals surface area contributed by atoms with Gasteiger partial charge < -0.3 is 10.6 Å². The van der Waals surface area contributed by atoms with Gasteiger partial charge in [0.2, 0.25) is 0 Å². The summed E-state index contributed by atoms with van der Waals surface area (Å²) in [7, 11) is 0. The largest absolute Gasteiger partial charge is 0.370 e. The second-order valence-corrected chi connectivity index (χ2v) is 4.78. The molecule has 4 nitrogen and oxygen atoms in total. The van der Waals surface area contributed by atoms with Crippen LogP contribution in [0.4, 0.5) is 5.82 Å². The van der Waals surface area contributed by atoms with Gasteiger partial charge >= 0.3 is 0 Å². The van der Waals surface area contributed by atoms with Crippen molar-refractivity contribution in [2.45, 2.75) is 39.5 Å². The van der Waals surface area contributed by atoms with Crippen LogP contribution in [0.1, 0.15) is 50.0 Å². The highest BCUT2D eigenvalue weighted by Crippen LogP contribution is 2.16. The molecule has 1 rings (SSSR count). The van der Waals surface area contributed by atoms with Crippen LogP contribution in [0.2, 0.25) is 5.02 Å². The number of aromatic nitrogens is 1. The van der Waals surface area contributed by atoms with Crippen molar-refractivity contribution < 1.29 is 4.79 Å². The van der Waals surface area contributed by atoms with Crippen LogP contribution in [-0.2, 0) is 0 Å². The number of anilines is 1. The zero-order valence-electron chi connectivity index (χ0n) is 11.6. The number of rotatable bonds is 8.